The van der Waals surface area contributed by atoms with Gasteiger partial charge in [0.1, 0.15) is 0 Å². The van der Waals surface area contributed by atoms with Gasteiger partial charge in [0.05, 0.1) is 0 Å². The molecule has 0 aromatic heterocycles. The third kappa shape index (κ3) is 4.85. The maximum atomic E-state index is 12.3. The van der Waals surface area contributed by atoms with Gasteiger partial charge in [0.25, 0.3) is 0 Å². The lowest BCUT2D eigenvalue weighted by molar-refractivity contribution is -0.133. The van der Waals surface area contributed by atoms with Crippen LogP contribution in [0.1, 0.15) is 25.8 Å². The molecule has 0 heterocycles. The number of benzene rings is 1. The van der Waals surface area contributed by atoms with Crippen molar-refractivity contribution in [2.75, 3.05) is 32.9 Å². The van der Waals surface area contributed by atoms with E-state index in [2.05, 4.69) is 11.8 Å². The molecule has 0 radical (unpaired) electrons. The molecule has 0 bridgehead atoms. The predicted molar refractivity (Wildman–Crippen MR) is 84.6 cm³/mol. The van der Waals surface area contributed by atoms with Crippen molar-refractivity contribution in [3.63, 3.8) is 0 Å². The van der Waals surface area contributed by atoms with Crippen molar-refractivity contribution < 1.29 is 4.79 Å². The molecule has 0 aliphatic heterocycles. The molecule has 1 aromatic carbocycles. The molecule has 1 aromatic rings. The van der Waals surface area contributed by atoms with Crippen molar-refractivity contribution in [3.8, 4) is 0 Å². The summed E-state index contributed by atoms with van der Waals surface area (Å²) in [6.07, 6.45) is 1.22. The van der Waals surface area contributed by atoms with Crippen LogP contribution in [0.4, 0.5) is 5.69 Å². The van der Waals surface area contributed by atoms with E-state index in [1.807, 2.05) is 50.2 Å². The number of para-hydroxylation sites is 1. The van der Waals surface area contributed by atoms with Crippen LogP contribution in [-0.4, -0.2) is 48.9 Å². The lowest BCUT2D eigenvalue weighted by Gasteiger charge is -2.30. The number of nitrogen functional groups attached to an aromatic ring is 1. The highest BCUT2D eigenvalue weighted by atomic mass is 16.2. The Hall–Kier alpha value is -1.55. The molecule has 0 saturated carbocycles. The SMILES string of the molecule is CCN(C(=O)CCc1ccccc1N)C(C)CN(C)C. The minimum Gasteiger partial charge on any atom is -0.399 e. The van der Waals surface area contributed by atoms with Gasteiger partial charge in [0, 0.05) is 31.2 Å². The number of carbonyl (C=O) groups is 1. The minimum atomic E-state index is 0.199. The van der Waals surface area contributed by atoms with Crippen molar-refractivity contribution in [3.05, 3.63) is 29.8 Å². The Bertz CT molecular complexity index is 431. The van der Waals surface area contributed by atoms with Gasteiger partial charge in [-0.15, -0.1) is 0 Å². The van der Waals surface area contributed by atoms with Crippen LogP contribution in [0.25, 0.3) is 0 Å². The van der Waals surface area contributed by atoms with E-state index >= 15 is 0 Å². The molecule has 0 spiro atoms. The summed E-state index contributed by atoms with van der Waals surface area (Å²) in [5.41, 5.74) is 7.73. The van der Waals surface area contributed by atoms with E-state index in [9.17, 15) is 4.79 Å². The number of nitrogens with two attached hydrogens (primary N) is 1. The Morgan fingerprint density at radius 1 is 1.30 bits per heavy atom. The van der Waals surface area contributed by atoms with Crippen LogP contribution < -0.4 is 5.73 Å². The molecular weight excluding hydrogens is 250 g/mol. The summed E-state index contributed by atoms with van der Waals surface area (Å²) < 4.78 is 0. The number of anilines is 1. The van der Waals surface area contributed by atoms with E-state index in [0.29, 0.717) is 12.8 Å². The molecule has 2 N–H and O–H groups in total. The van der Waals surface area contributed by atoms with Gasteiger partial charge >= 0.3 is 0 Å². The number of amides is 1. The Kier molecular flexibility index (Phi) is 6.52. The number of nitrogens with zero attached hydrogens (tertiary/aromatic N) is 2. The third-order valence-corrected chi connectivity index (χ3v) is 3.49. The molecule has 1 unspecified atom stereocenters. The van der Waals surface area contributed by atoms with Gasteiger partial charge < -0.3 is 15.5 Å². The molecule has 4 heteroatoms. The summed E-state index contributed by atoms with van der Waals surface area (Å²) >= 11 is 0. The summed E-state index contributed by atoms with van der Waals surface area (Å²) in [5.74, 6) is 0.199. The van der Waals surface area contributed by atoms with Crippen LogP contribution >= 0.6 is 0 Å². The Morgan fingerprint density at radius 3 is 2.50 bits per heavy atom. The standard InChI is InChI=1S/C16H27N3O/c1-5-19(13(2)12-18(3)4)16(20)11-10-14-8-6-7-9-15(14)17/h6-9,13H,5,10-12,17H2,1-4H3. The van der Waals surface area contributed by atoms with E-state index in [4.69, 9.17) is 5.73 Å². The zero-order chi connectivity index (χ0) is 15.1. The first-order valence-electron chi connectivity index (χ1n) is 7.23. The Balaban J connectivity index is 2.58. The van der Waals surface area contributed by atoms with Gasteiger partial charge in [0.2, 0.25) is 5.91 Å². The molecule has 20 heavy (non-hydrogen) atoms. The lowest BCUT2D eigenvalue weighted by Crippen LogP contribution is -2.43. The number of aryl methyl sites for hydroxylation is 1. The van der Waals surface area contributed by atoms with Gasteiger partial charge in [-0.1, -0.05) is 18.2 Å². The highest BCUT2D eigenvalue weighted by Gasteiger charge is 2.18. The molecule has 0 saturated heterocycles. The van der Waals surface area contributed by atoms with Gasteiger partial charge in [-0.25, -0.2) is 0 Å². The average molecular weight is 277 g/mol. The first kappa shape index (κ1) is 16.5. The smallest absolute Gasteiger partial charge is 0.223 e. The van der Waals surface area contributed by atoms with Crippen LogP contribution in [0.5, 0.6) is 0 Å². The van der Waals surface area contributed by atoms with Crippen molar-refractivity contribution in [1.82, 2.24) is 9.80 Å². The first-order valence-corrected chi connectivity index (χ1v) is 7.23. The number of likely N-dealkylation sites (N-methyl/N-ethyl adjacent to an activating group) is 2. The Morgan fingerprint density at radius 2 is 1.95 bits per heavy atom. The van der Waals surface area contributed by atoms with Crippen molar-refractivity contribution in [1.29, 1.82) is 0 Å². The number of rotatable bonds is 7. The molecule has 4 nitrogen and oxygen atoms in total. The zero-order valence-electron chi connectivity index (χ0n) is 13.1. The average Bonchev–Trinajstić information content (AvgIpc) is 2.37. The zero-order valence-corrected chi connectivity index (χ0v) is 13.1. The summed E-state index contributed by atoms with van der Waals surface area (Å²) in [5, 5.41) is 0. The van der Waals surface area contributed by atoms with Crippen molar-refractivity contribution in [2.24, 2.45) is 0 Å². The third-order valence-electron chi connectivity index (χ3n) is 3.49. The monoisotopic (exact) mass is 277 g/mol. The van der Waals surface area contributed by atoms with Gasteiger partial charge in [-0.05, 0) is 46.0 Å². The van der Waals surface area contributed by atoms with E-state index < -0.39 is 0 Å². The van der Waals surface area contributed by atoms with Crippen molar-refractivity contribution >= 4 is 11.6 Å². The van der Waals surface area contributed by atoms with E-state index in [1.54, 1.807) is 0 Å². The molecule has 0 aliphatic carbocycles. The van der Waals surface area contributed by atoms with E-state index in [-0.39, 0.29) is 11.9 Å². The van der Waals surface area contributed by atoms with Gasteiger partial charge in [-0.2, -0.15) is 0 Å². The van der Waals surface area contributed by atoms with Crippen LogP contribution in [0.2, 0.25) is 0 Å². The molecule has 112 valence electrons. The summed E-state index contributed by atoms with van der Waals surface area (Å²) in [7, 11) is 4.05. The minimum absolute atomic E-state index is 0.199. The molecule has 1 amide bonds. The normalized spacial score (nSPS) is 12.4. The molecule has 1 rings (SSSR count). The van der Waals surface area contributed by atoms with E-state index in [1.165, 1.54) is 0 Å². The largest absolute Gasteiger partial charge is 0.399 e. The van der Waals surface area contributed by atoms with Crippen LogP contribution in [-0.2, 0) is 11.2 Å². The Labute approximate surface area is 122 Å². The number of hydrogen-bond acceptors (Lipinski definition) is 3. The molecule has 0 aliphatic rings. The molecular formula is C16H27N3O. The number of carbonyl (C=O) groups excluding carboxylic acids is 1. The highest BCUT2D eigenvalue weighted by Crippen LogP contribution is 2.14. The van der Waals surface area contributed by atoms with Crippen LogP contribution in [0, 0.1) is 0 Å². The number of hydrogen-bond donors (Lipinski definition) is 1. The highest BCUT2D eigenvalue weighted by molar-refractivity contribution is 5.77. The fourth-order valence-corrected chi connectivity index (χ4v) is 2.51. The van der Waals surface area contributed by atoms with Crippen LogP contribution in [0.3, 0.4) is 0 Å². The summed E-state index contributed by atoms with van der Waals surface area (Å²) in [6, 6.07) is 7.98. The van der Waals surface area contributed by atoms with E-state index in [0.717, 1.165) is 24.3 Å². The molecule has 0 fully saturated rings. The second-order valence-corrected chi connectivity index (χ2v) is 5.49. The maximum absolute atomic E-state index is 12.3. The fourth-order valence-electron chi connectivity index (χ4n) is 2.51. The van der Waals surface area contributed by atoms with Gasteiger partial charge in [-0.3, -0.25) is 4.79 Å². The lowest BCUT2D eigenvalue weighted by atomic mass is 10.1. The summed E-state index contributed by atoms with van der Waals surface area (Å²) in [6.45, 7) is 5.75. The summed E-state index contributed by atoms with van der Waals surface area (Å²) in [4.78, 5) is 16.4. The second-order valence-electron chi connectivity index (χ2n) is 5.49. The molecule has 1 atom stereocenters. The predicted octanol–water partition coefficient (Wildman–Crippen LogP) is 2.00. The van der Waals surface area contributed by atoms with Crippen molar-refractivity contribution in [2.45, 2.75) is 32.7 Å². The topological polar surface area (TPSA) is 49.6 Å². The quantitative estimate of drug-likeness (QED) is 0.776. The van der Waals surface area contributed by atoms with Gasteiger partial charge in [0.15, 0.2) is 0 Å². The first-order chi connectivity index (χ1) is 9.45. The second kappa shape index (κ2) is 7.90. The maximum Gasteiger partial charge on any atom is 0.223 e. The van der Waals surface area contributed by atoms with Crippen LogP contribution in [0.15, 0.2) is 24.3 Å². The fraction of sp³-hybridized carbons (Fsp3) is 0.562.